The Bertz CT molecular complexity index is 571. The molecule has 0 spiro atoms. The van der Waals surface area contributed by atoms with Crippen molar-refractivity contribution in [1.29, 1.82) is 0 Å². The van der Waals surface area contributed by atoms with Gasteiger partial charge in [0, 0.05) is 38.8 Å². The molecule has 4 heteroatoms. The number of carbonyl (C=O) groups is 1. The van der Waals surface area contributed by atoms with Gasteiger partial charge in [-0.1, -0.05) is 69.2 Å². The third kappa shape index (κ3) is 6.93. The molecule has 0 amide bonds. The second kappa shape index (κ2) is 10.8. The summed E-state index contributed by atoms with van der Waals surface area (Å²) in [6.07, 6.45) is 12.8. The third-order valence-electron chi connectivity index (χ3n) is 6.25. The van der Waals surface area contributed by atoms with Gasteiger partial charge in [-0.15, -0.1) is 0 Å². The van der Waals surface area contributed by atoms with Crippen molar-refractivity contribution in [2.24, 2.45) is 0 Å². The molecular weight excluding hydrogens is 336 g/mol. The summed E-state index contributed by atoms with van der Waals surface area (Å²) in [6, 6.07) is 8.88. The van der Waals surface area contributed by atoms with Gasteiger partial charge in [-0.25, -0.2) is 0 Å². The molecule has 150 valence electrons. The Morgan fingerprint density at radius 2 is 1.48 bits per heavy atom. The molecule has 1 saturated carbocycles. The minimum absolute atomic E-state index is 0.114. The Kier molecular flexibility index (Phi) is 8.15. The van der Waals surface area contributed by atoms with Crippen LogP contribution in [-0.2, 0) is 17.8 Å². The first-order valence-corrected chi connectivity index (χ1v) is 11.0. The Morgan fingerprint density at radius 1 is 0.889 bits per heavy atom. The minimum atomic E-state index is -0.758. The highest BCUT2D eigenvalue weighted by molar-refractivity contribution is 5.70. The van der Waals surface area contributed by atoms with Crippen LogP contribution in [0.2, 0.25) is 0 Å². The summed E-state index contributed by atoms with van der Waals surface area (Å²) >= 11 is 0. The quantitative estimate of drug-likeness (QED) is 0.836. The second-order valence-electron chi connectivity index (χ2n) is 8.41. The largest absolute Gasteiger partial charge is 0.481 e. The van der Waals surface area contributed by atoms with Crippen molar-refractivity contribution in [2.75, 3.05) is 26.2 Å². The highest BCUT2D eigenvalue weighted by Crippen LogP contribution is 2.22. The van der Waals surface area contributed by atoms with Crippen LogP contribution >= 0.6 is 0 Å². The van der Waals surface area contributed by atoms with Crippen LogP contribution in [0.15, 0.2) is 24.3 Å². The van der Waals surface area contributed by atoms with Crippen molar-refractivity contribution < 1.29 is 9.90 Å². The van der Waals surface area contributed by atoms with Crippen molar-refractivity contribution >= 4 is 5.97 Å². The number of piperazine rings is 1. The Hall–Kier alpha value is -1.39. The van der Waals surface area contributed by atoms with Gasteiger partial charge in [0.25, 0.3) is 0 Å². The lowest BCUT2D eigenvalue weighted by molar-refractivity contribution is -0.136. The fourth-order valence-electron chi connectivity index (χ4n) is 4.71. The summed E-state index contributed by atoms with van der Waals surface area (Å²) in [7, 11) is 0. The van der Waals surface area contributed by atoms with Gasteiger partial charge in [-0.2, -0.15) is 0 Å². The summed E-state index contributed by atoms with van der Waals surface area (Å²) in [5.74, 6) is -0.758. The summed E-state index contributed by atoms with van der Waals surface area (Å²) in [4.78, 5) is 16.2. The first-order valence-electron chi connectivity index (χ1n) is 11.0. The van der Waals surface area contributed by atoms with E-state index in [-0.39, 0.29) is 6.42 Å². The van der Waals surface area contributed by atoms with Gasteiger partial charge >= 0.3 is 5.97 Å². The molecule has 1 aliphatic heterocycles. The molecule has 0 radical (unpaired) electrons. The molecule has 27 heavy (non-hydrogen) atoms. The molecule has 3 rings (SSSR count). The maximum absolute atomic E-state index is 10.9. The summed E-state index contributed by atoms with van der Waals surface area (Å²) in [5, 5.41) is 8.99. The zero-order valence-corrected chi connectivity index (χ0v) is 16.7. The Morgan fingerprint density at radius 3 is 2.11 bits per heavy atom. The minimum Gasteiger partial charge on any atom is -0.481 e. The standard InChI is InChI=1S/C23H36N2O2/c26-23(27)18-20-9-8-10-21(17-20)19-24-13-15-25(16-14-24)22-11-6-4-2-1-3-5-7-12-22/h8-10,17,22H,1-7,11-16,18-19H2,(H,26,27). The first kappa shape index (κ1) is 20.3. The molecule has 0 atom stereocenters. The predicted octanol–water partition coefficient (Wildman–Crippen LogP) is 4.32. The molecule has 1 aromatic carbocycles. The molecule has 0 bridgehead atoms. The van der Waals surface area contributed by atoms with Crippen LogP contribution < -0.4 is 0 Å². The highest BCUT2D eigenvalue weighted by Gasteiger charge is 2.23. The number of nitrogens with zero attached hydrogens (tertiary/aromatic N) is 2. The van der Waals surface area contributed by atoms with Crippen molar-refractivity contribution in [1.82, 2.24) is 9.80 Å². The average Bonchev–Trinajstić information content (AvgIpc) is 2.66. The van der Waals surface area contributed by atoms with Gasteiger partial charge in [0.15, 0.2) is 0 Å². The summed E-state index contributed by atoms with van der Waals surface area (Å²) in [6.45, 7) is 5.55. The van der Waals surface area contributed by atoms with E-state index in [0.717, 1.165) is 31.2 Å². The zero-order valence-electron chi connectivity index (χ0n) is 16.7. The van der Waals surface area contributed by atoms with E-state index >= 15 is 0 Å². The Balaban J connectivity index is 1.47. The smallest absolute Gasteiger partial charge is 0.307 e. The molecule has 0 aromatic heterocycles. The summed E-state index contributed by atoms with van der Waals surface area (Å²) in [5.41, 5.74) is 2.14. The first-order chi connectivity index (χ1) is 13.2. The molecule has 2 aliphatic rings. The average molecular weight is 373 g/mol. The lowest BCUT2D eigenvalue weighted by atomic mass is 9.96. The van der Waals surface area contributed by atoms with E-state index in [2.05, 4.69) is 21.9 Å². The van der Waals surface area contributed by atoms with E-state index in [1.165, 1.54) is 76.4 Å². The molecule has 4 nitrogen and oxygen atoms in total. The number of rotatable bonds is 5. The predicted molar refractivity (Wildman–Crippen MR) is 110 cm³/mol. The van der Waals surface area contributed by atoms with Crippen LogP contribution in [-0.4, -0.2) is 53.1 Å². The summed E-state index contributed by atoms with van der Waals surface area (Å²) < 4.78 is 0. The molecule has 1 aromatic rings. The van der Waals surface area contributed by atoms with E-state index < -0.39 is 5.97 Å². The molecule has 1 N–H and O–H groups in total. The number of benzene rings is 1. The van der Waals surface area contributed by atoms with Crippen LogP contribution in [0, 0.1) is 0 Å². The van der Waals surface area contributed by atoms with Gasteiger partial charge in [-0.05, 0) is 24.0 Å². The van der Waals surface area contributed by atoms with Crippen LogP contribution in [0.4, 0.5) is 0 Å². The zero-order chi connectivity index (χ0) is 18.9. The van der Waals surface area contributed by atoms with Gasteiger partial charge in [0.05, 0.1) is 6.42 Å². The normalized spacial score (nSPS) is 21.8. The fourth-order valence-corrected chi connectivity index (χ4v) is 4.71. The molecular formula is C23H36N2O2. The van der Waals surface area contributed by atoms with E-state index in [0.29, 0.717) is 0 Å². The number of carboxylic acid groups (broad SMARTS) is 1. The third-order valence-corrected chi connectivity index (χ3v) is 6.25. The van der Waals surface area contributed by atoms with Crippen LogP contribution in [0.1, 0.15) is 68.9 Å². The number of hydrogen-bond donors (Lipinski definition) is 1. The Labute approximate surface area is 164 Å². The van der Waals surface area contributed by atoms with Crippen molar-refractivity contribution in [3.63, 3.8) is 0 Å². The van der Waals surface area contributed by atoms with Gasteiger partial charge in [-0.3, -0.25) is 14.6 Å². The van der Waals surface area contributed by atoms with E-state index in [9.17, 15) is 4.79 Å². The lowest BCUT2D eigenvalue weighted by Gasteiger charge is -2.40. The molecule has 1 heterocycles. The van der Waals surface area contributed by atoms with E-state index in [4.69, 9.17) is 5.11 Å². The van der Waals surface area contributed by atoms with Crippen LogP contribution in [0.3, 0.4) is 0 Å². The maximum atomic E-state index is 10.9. The van der Waals surface area contributed by atoms with Crippen molar-refractivity contribution in [2.45, 2.75) is 76.8 Å². The monoisotopic (exact) mass is 372 g/mol. The van der Waals surface area contributed by atoms with Crippen molar-refractivity contribution in [3.8, 4) is 0 Å². The number of hydrogen-bond acceptors (Lipinski definition) is 3. The SMILES string of the molecule is O=C(O)Cc1cccc(CN2CCN(C3CCCCCCCCC3)CC2)c1. The highest BCUT2D eigenvalue weighted by atomic mass is 16.4. The second-order valence-corrected chi connectivity index (χ2v) is 8.41. The van der Waals surface area contributed by atoms with Crippen LogP contribution in [0.5, 0.6) is 0 Å². The topological polar surface area (TPSA) is 43.8 Å². The van der Waals surface area contributed by atoms with Crippen molar-refractivity contribution in [3.05, 3.63) is 35.4 Å². The van der Waals surface area contributed by atoms with E-state index in [1.807, 2.05) is 12.1 Å². The number of aliphatic carboxylic acids is 1. The van der Waals surface area contributed by atoms with Crippen LogP contribution in [0.25, 0.3) is 0 Å². The van der Waals surface area contributed by atoms with Gasteiger partial charge < -0.3 is 5.11 Å². The maximum Gasteiger partial charge on any atom is 0.307 e. The fraction of sp³-hybridized carbons (Fsp3) is 0.696. The molecule has 0 unspecified atom stereocenters. The van der Waals surface area contributed by atoms with E-state index in [1.54, 1.807) is 0 Å². The van der Waals surface area contributed by atoms with Gasteiger partial charge in [0.1, 0.15) is 0 Å². The molecule has 1 aliphatic carbocycles. The number of carboxylic acids is 1. The molecule has 2 fully saturated rings. The molecule has 1 saturated heterocycles. The lowest BCUT2D eigenvalue weighted by Crippen LogP contribution is -2.50. The van der Waals surface area contributed by atoms with Gasteiger partial charge in [0.2, 0.25) is 0 Å².